The third-order valence-corrected chi connectivity index (χ3v) is 2.87. The Labute approximate surface area is 105 Å². The summed E-state index contributed by atoms with van der Waals surface area (Å²) in [4.78, 5) is 11.8. The van der Waals surface area contributed by atoms with Crippen LogP contribution >= 0.6 is 0 Å². The van der Waals surface area contributed by atoms with Crippen LogP contribution in [0.5, 0.6) is 0 Å². The molecule has 94 valence electrons. The number of hydrogen-bond acceptors (Lipinski definition) is 2. The molecule has 18 heavy (non-hydrogen) atoms. The van der Waals surface area contributed by atoms with Gasteiger partial charge in [-0.3, -0.25) is 9.48 Å². The number of Topliss-reactive ketones (excluding diaryl/α,β-unsaturated/α-hetero) is 1. The molecule has 0 amide bonds. The Morgan fingerprint density at radius 1 is 1.28 bits per heavy atom. The Bertz CT molecular complexity index is 531. The summed E-state index contributed by atoms with van der Waals surface area (Å²) < 4.78 is 14.6. The van der Waals surface area contributed by atoms with Gasteiger partial charge in [0.2, 0.25) is 0 Å². The molecule has 0 aliphatic carbocycles. The molecule has 1 aromatic carbocycles. The highest BCUT2D eigenvalue weighted by molar-refractivity contribution is 5.95. The Hall–Kier alpha value is -1.97. The maximum Gasteiger partial charge on any atom is 0.162 e. The van der Waals surface area contributed by atoms with Crippen molar-refractivity contribution >= 4 is 5.78 Å². The zero-order chi connectivity index (χ0) is 13.0. The standard InChI is InChI=1S/C14H15FN2O/c1-11-8-9-16-17(11)10-2-3-14(18)12-4-6-13(15)7-5-12/h4-9H,2-3,10H2,1H3. The van der Waals surface area contributed by atoms with Crippen LogP contribution in [0.4, 0.5) is 4.39 Å². The van der Waals surface area contributed by atoms with Gasteiger partial charge >= 0.3 is 0 Å². The first-order valence-electron chi connectivity index (χ1n) is 5.94. The molecule has 0 fully saturated rings. The van der Waals surface area contributed by atoms with Gasteiger partial charge in [0.15, 0.2) is 5.78 Å². The fourth-order valence-corrected chi connectivity index (χ4v) is 1.80. The minimum absolute atomic E-state index is 0.0415. The molecule has 0 unspecified atom stereocenters. The molecule has 0 spiro atoms. The maximum atomic E-state index is 12.7. The van der Waals surface area contributed by atoms with E-state index in [4.69, 9.17) is 0 Å². The Kier molecular flexibility index (Phi) is 3.87. The molecule has 0 bridgehead atoms. The van der Waals surface area contributed by atoms with E-state index < -0.39 is 0 Å². The molecule has 0 saturated heterocycles. The monoisotopic (exact) mass is 246 g/mol. The van der Waals surface area contributed by atoms with Crippen molar-refractivity contribution in [2.45, 2.75) is 26.3 Å². The summed E-state index contributed by atoms with van der Waals surface area (Å²) >= 11 is 0. The van der Waals surface area contributed by atoms with Crippen LogP contribution in [0, 0.1) is 12.7 Å². The predicted molar refractivity (Wildman–Crippen MR) is 66.9 cm³/mol. The summed E-state index contributed by atoms with van der Waals surface area (Å²) in [6, 6.07) is 7.60. The highest BCUT2D eigenvalue weighted by Gasteiger charge is 2.06. The minimum Gasteiger partial charge on any atom is -0.294 e. The second-order valence-electron chi connectivity index (χ2n) is 4.23. The number of aryl methyl sites for hydroxylation is 2. The second-order valence-corrected chi connectivity index (χ2v) is 4.23. The molecule has 3 nitrogen and oxygen atoms in total. The van der Waals surface area contributed by atoms with E-state index in [1.165, 1.54) is 24.3 Å². The van der Waals surface area contributed by atoms with Crippen LogP contribution in [0.2, 0.25) is 0 Å². The summed E-state index contributed by atoms with van der Waals surface area (Å²) in [6.07, 6.45) is 2.93. The zero-order valence-electron chi connectivity index (χ0n) is 10.3. The highest BCUT2D eigenvalue weighted by atomic mass is 19.1. The fraction of sp³-hybridized carbons (Fsp3) is 0.286. The van der Waals surface area contributed by atoms with Gasteiger partial charge < -0.3 is 0 Å². The van der Waals surface area contributed by atoms with E-state index in [0.717, 1.165) is 18.7 Å². The lowest BCUT2D eigenvalue weighted by atomic mass is 10.1. The summed E-state index contributed by atoms with van der Waals surface area (Å²) in [5.74, 6) is -0.279. The van der Waals surface area contributed by atoms with Gasteiger partial charge in [0, 0.05) is 30.4 Å². The van der Waals surface area contributed by atoms with Gasteiger partial charge in [-0.15, -0.1) is 0 Å². The van der Waals surface area contributed by atoms with Gasteiger partial charge in [-0.05, 0) is 43.7 Å². The maximum absolute atomic E-state index is 12.7. The van der Waals surface area contributed by atoms with Crippen molar-refractivity contribution in [1.82, 2.24) is 9.78 Å². The zero-order valence-corrected chi connectivity index (χ0v) is 10.3. The van der Waals surface area contributed by atoms with Crippen molar-refractivity contribution in [3.05, 3.63) is 53.6 Å². The first-order valence-corrected chi connectivity index (χ1v) is 5.94. The Morgan fingerprint density at radius 2 is 2.00 bits per heavy atom. The van der Waals surface area contributed by atoms with E-state index >= 15 is 0 Å². The van der Waals surface area contributed by atoms with E-state index in [-0.39, 0.29) is 11.6 Å². The topological polar surface area (TPSA) is 34.9 Å². The number of benzene rings is 1. The molecule has 0 atom stereocenters. The van der Waals surface area contributed by atoms with E-state index in [2.05, 4.69) is 5.10 Å². The van der Waals surface area contributed by atoms with Crippen molar-refractivity contribution in [3.63, 3.8) is 0 Å². The van der Waals surface area contributed by atoms with Gasteiger partial charge in [-0.25, -0.2) is 4.39 Å². The Balaban J connectivity index is 1.85. The average Bonchev–Trinajstić information content (AvgIpc) is 2.76. The van der Waals surface area contributed by atoms with E-state index in [9.17, 15) is 9.18 Å². The summed E-state index contributed by atoms with van der Waals surface area (Å²) in [6.45, 7) is 2.71. The van der Waals surface area contributed by atoms with Crippen molar-refractivity contribution in [2.75, 3.05) is 0 Å². The first kappa shape index (κ1) is 12.5. The molecule has 1 heterocycles. The van der Waals surface area contributed by atoms with Crippen LogP contribution in [0.15, 0.2) is 36.5 Å². The van der Waals surface area contributed by atoms with Gasteiger partial charge in [0.1, 0.15) is 5.82 Å². The van der Waals surface area contributed by atoms with Crippen molar-refractivity contribution < 1.29 is 9.18 Å². The lowest BCUT2D eigenvalue weighted by Crippen LogP contribution is -2.05. The van der Waals surface area contributed by atoms with Crippen molar-refractivity contribution in [2.24, 2.45) is 0 Å². The molecule has 0 N–H and O–H groups in total. The number of carbonyl (C=O) groups excluding carboxylic acids is 1. The predicted octanol–water partition coefficient (Wildman–Crippen LogP) is 2.99. The number of ketones is 1. The molecule has 0 aliphatic heterocycles. The minimum atomic E-state index is -0.321. The van der Waals surface area contributed by atoms with Gasteiger partial charge in [0.25, 0.3) is 0 Å². The average molecular weight is 246 g/mol. The smallest absolute Gasteiger partial charge is 0.162 e. The van der Waals surface area contributed by atoms with E-state index in [1.54, 1.807) is 6.20 Å². The summed E-state index contributed by atoms with van der Waals surface area (Å²) in [5, 5.41) is 4.15. The van der Waals surface area contributed by atoms with E-state index in [0.29, 0.717) is 12.0 Å². The molecule has 0 aliphatic rings. The third-order valence-electron chi connectivity index (χ3n) is 2.87. The van der Waals surface area contributed by atoms with Gasteiger partial charge in [0.05, 0.1) is 0 Å². The quantitative estimate of drug-likeness (QED) is 0.760. The number of carbonyl (C=O) groups is 1. The summed E-state index contributed by atoms with van der Waals surface area (Å²) in [7, 11) is 0. The molecular weight excluding hydrogens is 231 g/mol. The number of rotatable bonds is 5. The largest absolute Gasteiger partial charge is 0.294 e. The molecule has 0 saturated carbocycles. The SMILES string of the molecule is Cc1ccnn1CCCC(=O)c1ccc(F)cc1. The lowest BCUT2D eigenvalue weighted by molar-refractivity contribution is 0.0978. The van der Waals surface area contributed by atoms with Crippen LogP contribution in [0.1, 0.15) is 28.9 Å². The molecule has 1 aromatic heterocycles. The molecule has 2 aromatic rings. The fourth-order valence-electron chi connectivity index (χ4n) is 1.80. The van der Waals surface area contributed by atoms with Crippen molar-refractivity contribution in [3.8, 4) is 0 Å². The molecular formula is C14H15FN2O. The number of hydrogen-bond donors (Lipinski definition) is 0. The first-order chi connectivity index (χ1) is 8.66. The second kappa shape index (κ2) is 5.58. The number of aromatic nitrogens is 2. The van der Waals surface area contributed by atoms with Crippen molar-refractivity contribution in [1.29, 1.82) is 0 Å². The molecule has 0 radical (unpaired) electrons. The van der Waals surface area contributed by atoms with Gasteiger partial charge in [-0.2, -0.15) is 5.10 Å². The van der Waals surface area contributed by atoms with Crippen LogP contribution in [0.3, 0.4) is 0 Å². The van der Waals surface area contributed by atoms with Crippen LogP contribution in [0.25, 0.3) is 0 Å². The third kappa shape index (κ3) is 3.03. The van der Waals surface area contributed by atoms with Crippen LogP contribution in [-0.4, -0.2) is 15.6 Å². The van der Waals surface area contributed by atoms with Crippen LogP contribution < -0.4 is 0 Å². The number of nitrogens with zero attached hydrogens (tertiary/aromatic N) is 2. The normalized spacial score (nSPS) is 10.6. The molecule has 4 heteroatoms. The van der Waals surface area contributed by atoms with Gasteiger partial charge in [-0.1, -0.05) is 0 Å². The number of halogens is 1. The lowest BCUT2D eigenvalue weighted by Gasteiger charge is -2.04. The Morgan fingerprint density at radius 3 is 2.61 bits per heavy atom. The molecule has 2 rings (SSSR count). The highest BCUT2D eigenvalue weighted by Crippen LogP contribution is 2.08. The van der Waals surface area contributed by atoms with E-state index in [1.807, 2.05) is 17.7 Å². The summed E-state index contributed by atoms with van der Waals surface area (Å²) in [5.41, 5.74) is 1.65. The van der Waals surface area contributed by atoms with Crippen LogP contribution in [-0.2, 0) is 6.54 Å².